The largest absolute Gasteiger partial charge is 0.324 e. The first-order chi connectivity index (χ1) is 11.7. The summed E-state index contributed by atoms with van der Waals surface area (Å²) in [5.41, 5.74) is 24.1. The Hall–Kier alpha value is -2.98. The maximum absolute atomic E-state index is 8.12. The van der Waals surface area contributed by atoms with E-state index in [-0.39, 0.29) is 6.04 Å². The number of nitrogens with two attached hydrogens (primary N) is 1. The third-order valence-electron chi connectivity index (χ3n) is 3.36. The normalized spacial score (nSPS) is 11.8. The van der Waals surface area contributed by atoms with Crippen LogP contribution in [0.4, 0.5) is 0 Å². The van der Waals surface area contributed by atoms with Crippen molar-refractivity contribution in [2.75, 3.05) is 13.1 Å². The van der Waals surface area contributed by atoms with Crippen LogP contribution in [0.2, 0.25) is 0 Å². The third kappa shape index (κ3) is 7.33. The molecule has 0 aliphatic rings. The van der Waals surface area contributed by atoms with Crippen LogP contribution in [0.15, 0.2) is 70.9 Å². The van der Waals surface area contributed by atoms with Crippen LogP contribution in [0, 0.1) is 0 Å². The standard InChI is InChI=1S/C9H11N3.C8H10N4/c1-8(7-11-12-10)9-5-3-2-4-6-9;9-8(6-11-12-10)7-4-2-1-3-5-7/h2-6,8H,7H2,1H3;1-5,8H,6,9H2/t2*8-/m11/s1. The molecule has 0 bridgehead atoms. The molecule has 0 aliphatic carbocycles. The van der Waals surface area contributed by atoms with Gasteiger partial charge in [0.15, 0.2) is 0 Å². The minimum atomic E-state index is -0.193. The maximum atomic E-state index is 8.12. The van der Waals surface area contributed by atoms with Gasteiger partial charge in [-0.05, 0) is 28.1 Å². The Kier molecular flexibility index (Phi) is 9.19. The second-order valence-corrected chi connectivity index (χ2v) is 5.16. The van der Waals surface area contributed by atoms with Crippen LogP contribution in [0.5, 0.6) is 0 Å². The van der Waals surface area contributed by atoms with E-state index in [9.17, 15) is 0 Å². The van der Waals surface area contributed by atoms with E-state index in [1.165, 1.54) is 5.56 Å². The molecule has 7 heteroatoms. The molecule has 0 heterocycles. The zero-order valence-electron chi connectivity index (χ0n) is 13.6. The van der Waals surface area contributed by atoms with Crippen LogP contribution < -0.4 is 5.73 Å². The Morgan fingerprint density at radius 3 is 1.79 bits per heavy atom. The molecule has 2 aromatic rings. The molecule has 7 nitrogen and oxygen atoms in total. The molecule has 2 aromatic carbocycles. The minimum Gasteiger partial charge on any atom is -0.324 e. The van der Waals surface area contributed by atoms with Gasteiger partial charge in [0.05, 0.1) is 0 Å². The Morgan fingerprint density at radius 2 is 1.29 bits per heavy atom. The molecule has 24 heavy (non-hydrogen) atoms. The van der Waals surface area contributed by atoms with Crippen LogP contribution in [0.1, 0.15) is 30.0 Å². The molecule has 0 fully saturated rings. The third-order valence-corrected chi connectivity index (χ3v) is 3.36. The first kappa shape index (κ1) is 19.1. The number of benzene rings is 2. The monoisotopic (exact) mass is 323 g/mol. The summed E-state index contributed by atoms with van der Waals surface area (Å²) >= 11 is 0. The molecule has 124 valence electrons. The van der Waals surface area contributed by atoms with Gasteiger partial charge in [0.25, 0.3) is 0 Å². The second-order valence-electron chi connectivity index (χ2n) is 5.16. The lowest BCUT2D eigenvalue weighted by molar-refractivity contribution is 0.733. The van der Waals surface area contributed by atoms with Crippen LogP contribution in [0.3, 0.4) is 0 Å². The maximum Gasteiger partial charge on any atom is 0.0451 e. The zero-order chi connectivity index (χ0) is 17.6. The number of azide groups is 2. The summed E-state index contributed by atoms with van der Waals surface area (Å²) in [4.78, 5) is 5.37. The van der Waals surface area contributed by atoms with Crippen molar-refractivity contribution in [2.45, 2.75) is 18.9 Å². The molecule has 0 spiro atoms. The molecule has 0 aliphatic heterocycles. The highest BCUT2D eigenvalue weighted by Crippen LogP contribution is 2.14. The summed E-state index contributed by atoms with van der Waals surface area (Å²) < 4.78 is 0. The van der Waals surface area contributed by atoms with Crippen LogP contribution >= 0.6 is 0 Å². The van der Waals surface area contributed by atoms with Crippen molar-refractivity contribution in [3.05, 3.63) is 92.7 Å². The smallest absolute Gasteiger partial charge is 0.0451 e. The molecule has 2 N–H and O–H groups in total. The van der Waals surface area contributed by atoms with Crippen molar-refractivity contribution in [2.24, 2.45) is 16.0 Å². The van der Waals surface area contributed by atoms with E-state index in [1.807, 2.05) is 67.6 Å². The van der Waals surface area contributed by atoms with Gasteiger partial charge in [-0.15, -0.1) is 0 Å². The number of rotatable bonds is 6. The minimum absolute atomic E-state index is 0.193. The lowest BCUT2D eigenvalue weighted by atomic mass is 10.0. The summed E-state index contributed by atoms with van der Waals surface area (Å²) in [6.45, 7) is 2.88. The van der Waals surface area contributed by atoms with Gasteiger partial charge in [0, 0.05) is 29.0 Å². The van der Waals surface area contributed by atoms with Crippen molar-refractivity contribution >= 4 is 0 Å². The molecular weight excluding hydrogens is 302 g/mol. The van der Waals surface area contributed by atoms with Crippen molar-refractivity contribution in [1.29, 1.82) is 0 Å². The summed E-state index contributed by atoms with van der Waals surface area (Å²) in [5.74, 6) is 0.307. The van der Waals surface area contributed by atoms with Gasteiger partial charge in [0.1, 0.15) is 0 Å². The number of nitrogens with zero attached hydrogens (tertiary/aromatic N) is 6. The van der Waals surface area contributed by atoms with E-state index in [4.69, 9.17) is 16.8 Å². The molecule has 0 saturated heterocycles. The van der Waals surface area contributed by atoms with Gasteiger partial charge in [-0.1, -0.05) is 77.8 Å². The predicted octanol–water partition coefficient (Wildman–Crippen LogP) is 5.10. The SMILES string of the molecule is C[C@H](CN=[N+]=[N-])c1ccccc1.[N-]=[N+]=NC[C@@H](N)c1ccccc1. The Morgan fingerprint density at radius 1 is 0.833 bits per heavy atom. The fourth-order valence-corrected chi connectivity index (χ4v) is 1.98. The first-order valence-electron chi connectivity index (χ1n) is 7.56. The fourth-order valence-electron chi connectivity index (χ4n) is 1.98. The van der Waals surface area contributed by atoms with Crippen molar-refractivity contribution in [3.8, 4) is 0 Å². The molecular formula is C17H21N7. The van der Waals surface area contributed by atoms with Gasteiger partial charge in [-0.3, -0.25) is 0 Å². The number of hydrogen-bond donors (Lipinski definition) is 1. The highest BCUT2D eigenvalue weighted by molar-refractivity contribution is 5.19. The summed E-state index contributed by atoms with van der Waals surface area (Å²) in [6, 6.07) is 19.4. The lowest BCUT2D eigenvalue weighted by Gasteiger charge is -2.06. The average Bonchev–Trinajstić information content (AvgIpc) is 2.66. The molecule has 0 unspecified atom stereocenters. The first-order valence-corrected chi connectivity index (χ1v) is 7.56. The number of hydrogen-bond acceptors (Lipinski definition) is 3. The average molecular weight is 323 g/mol. The van der Waals surface area contributed by atoms with Gasteiger partial charge in [-0.25, -0.2) is 0 Å². The Bertz CT molecular complexity index is 613. The molecule has 0 saturated carbocycles. The molecule has 0 aromatic heterocycles. The van der Waals surface area contributed by atoms with E-state index < -0.39 is 0 Å². The van der Waals surface area contributed by atoms with Crippen LogP contribution in [0.25, 0.3) is 20.9 Å². The molecule has 2 atom stereocenters. The molecule has 0 radical (unpaired) electrons. The summed E-state index contributed by atoms with van der Waals surface area (Å²) in [5, 5.41) is 6.93. The second kappa shape index (κ2) is 11.6. The van der Waals surface area contributed by atoms with Crippen molar-refractivity contribution in [3.63, 3.8) is 0 Å². The van der Waals surface area contributed by atoms with Gasteiger partial charge in [0.2, 0.25) is 0 Å². The Labute approximate surface area is 141 Å². The molecule has 0 amide bonds. The Balaban J connectivity index is 0.000000240. The van der Waals surface area contributed by atoms with E-state index in [1.54, 1.807) is 0 Å². The molecule has 2 rings (SSSR count). The lowest BCUT2D eigenvalue weighted by Crippen LogP contribution is -2.12. The van der Waals surface area contributed by atoms with Crippen molar-refractivity contribution < 1.29 is 0 Å². The summed E-state index contributed by atoms with van der Waals surface area (Å²) in [6.07, 6.45) is 0. The predicted molar refractivity (Wildman–Crippen MR) is 96.3 cm³/mol. The van der Waals surface area contributed by atoms with E-state index in [0.717, 1.165) is 5.56 Å². The quantitative estimate of drug-likeness (QED) is 0.443. The zero-order valence-corrected chi connectivity index (χ0v) is 13.6. The van der Waals surface area contributed by atoms with Gasteiger partial charge >= 0.3 is 0 Å². The van der Waals surface area contributed by atoms with Gasteiger partial charge in [-0.2, -0.15) is 0 Å². The highest BCUT2D eigenvalue weighted by atomic mass is 15.1. The van der Waals surface area contributed by atoms with Gasteiger partial charge < -0.3 is 5.73 Å². The topological polar surface area (TPSA) is 124 Å². The van der Waals surface area contributed by atoms with E-state index >= 15 is 0 Å². The summed E-state index contributed by atoms with van der Waals surface area (Å²) in [7, 11) is 0. The van der Waals surface area contributed by atoms with E-state index in [0.29, 0.717) is 19.0 Å². The van der Waals surface area contributed by atoms with Crippen LogP contribution in [-0.4, -0.2) is 13.1 Å². The van der Waals surface area contributed by atoms with E-state index in [2.05, 4.69) is 20.1 Å². The fraction of sp³-hybridized carbons (Fsp3) is 0.294. The van der Waals surface area contributed by atoms with Crippen LogP contribution in [-0.2, 0) is 0 Å². The highest BCUT2D eigenvalue weighted by Gasteiger charge is 2.02. The van der Waals surface area contributed by atoms with Crippen molar-refractivity contribution in [1.82, 2.24) is 0 Å².